The minimum absolute atomic E-state index is 0.256. The summed E-state index contributed by atoms with van der Waals surface area (Å²) >= 11 is 0. The van der Waals surface area contributed by atoms with E-state index in [1.54, 1.807) is 44.2 Å². The van der Waals surface area contributed by atoms with Crippen LogP contribution in [-0.4, -0.2) is 13.5 Å². The Bertz CT molecular complexity index is 916. The normalized spacial score (nSPS) is 16.9. The number of aliphatic hydroxyl groups excluding tert-OH is 1. The first-order valence-corrected chi connectivity index (χ1v) is 8.91. The van der Waals surface area contributed by atoms with Gasteiger partial charge in [-0.05, 0) is 67.1 Å². The van der Waals surface area contributed by atoms with E-state index in [1.165, 1.54) is 0 Å². The monoisotopic (exact) mass is 327 g/mol. The molecule has 0 spiro atoms. The van der Waals surface area contributed by atoms with Crippen molar-refractivity contribution in [3.63, 3.8) is 0 Å². The van der Waals surface area contributed by atoms with Crippen molar-refractivity contribution in [3.05, 3.63) is 58.1 Å². The zero-order chi connectivity index (χ0) is 16.8. The average Bonchev–Trinajstić information content (AvgIpc) is 2.87. The fraction of sp³-hybridized carbons (Fsp3) is 0.278. The predicted molar refractivity (Wildman–Crippen MR) is 85.8 cm³/mol. The second-order valence-corrected chi connectivity index (χ2v) is 7.79. The molecule has 2 aromatic rings. The Balaban J connectivity index is 2.25. The van der Waals surface area contributed by atoms with Crippen LogP contribution in [0.2, 0.25) is 0 Å². The standard InChI is InChI=1S/C18H17NO3S/c1-11-8-13(10-19)9-12(2)18(11)23(21,22)17-5-3-4-14-15(17)6-7-16(14)20/h3-5,8-9,16,20H,6-7H2,1-2H3. The lowest BCUT2D eigenvalue weighted by Crippen LogP contribution is -2.10. The molecule has 4 nitrogen and oxygen atoms in total. The number of fused-ring (bicyclic) bond motifs is 1. The fourth-order valence-electron chi connectivity index (χ4n) is 3.40. The van der Waals surface area contributed by atoms with E-state index in [0.29, 0.717) is 40.7 Å². The van der Waals surface area contributed by atoms with E-state index < -0.39 is 15.9 Å². The van der Waals surface area contributed by atoms with Crippen LogP contribution in [0.5, 0.6) is 0 Å². The summed E-state index contributed by atoms with van der Waals surface area (Å²) < 4.78 is 26.4. The highest BCUT2D eigenvalue weighted by molar-refractivity contribution is 7.91. The Labute approximate surface area is 135 Å². The molecule has 5 heteroatoms. The fourth-order valence-corrected chi connectivity index (χ4v) is 5.39. The van der Waals surface area contributed by atoms with Crippen LogP contribution >= 0.6 is 0 Å². The van der Waals surface area contributed by atoms with Crippen molar-refractivity contribution in [1.29, 1.82) is 5.26 Å². The number of nitriles is 1. The van der Waals surface area contributed by atoms with Crippen LogP contribution in [0.3, 0.4) is 0 Å². The van der Waals surface area contributed by atoms with Gasteiger partial charge < -0.3 is 5.11 Å². The number of aliphatic hydroxyl groups is 1. The van der Waals surface area contributed by atoms with Crippen molar-refractivity contribution < 1.29 is 13.5 Å². The van der Waals surface area contributed by atoms with E-state index in [4.69, 9.17) is 5.26 Å². The molecule has 1 atom stereocenters. The van der Waals surface area contributed by atoms with Gasteiger partial charge in [0.15, 0.2) is 0 Å². The highest BCUT2D eigenvalue weighted by Crippen LogP contribution is 2.38. The largest absolute Gasteiger partial charge is 0.388 e. The molecule has 1 unspecified atom stereocenters. The van der Waals surface area contributed by atoms with Gasteiger partial charge in [-0.25, -0.2) is 8.42 Å². The van der Waals surface area contributed by atoms with Crippen LogP contribution in [0, 0.1) is 25.2 Å². The third kappa shape index (κ3) is 2.44. The topological polar surface area (TPSA) is 78.2 Å². The summed E-state index contributed by atoms with van der Waals surface area (Å²) in [6, 6.07) is 10.3. The van der Waals surface area contributed by atoms with Gasteiger partial charge >= 0.3 is 0 Å². The van der Waals surface area contributed by atoms with Crippen LogP contribution < -0.4 is 0 Å². The van der Waals surface area contributed by atoms with Gasteiger partial charge in [0.1, 0.15) is 0 Å². The molecule has 0 bridgehead atoms. The first-order valence-electron chi connectivity index (χ1n) is 7.42. The molecular weight excluding hydrogens is 310 g/mol. The first kappa shape index (κ1) is 15.7. The smallest absolute Gasteiger partial charge is 0.207 e. The zero-order valence-electron chi connectivity index (χ0n) is 13.0. The molecule has 0 saturated heterocycles. The van der Waals surface area contributed by atoms with E-state index in [0.717, 1.165) is 0 Å². The van der Waals surface area contributed by atoms with Gasteiger partial charge in [-0.15, -0.1) is 0 Å². The summed E-state index contributed by atoms with van der Waals surface area (Å²) in [4.78, 5) is 0.522. The van der Waals surface area contributed by atoms with Gasteiger partial charge in [-0.2, -0.15) is 5.26 Å². The first-order chi connectivity index (χ1) is 10.9. The molecule has 1 aliphatic rings. The number of nitrogens with zero attached hydrogens (tertiary/aromatic N) is 1. The predicted octanol–water partition coefficient (Wildman–Crippen LogP) is 2.99. The lowest BCUT2D eigenvalue weighted by atomic mass is 10.1. The summed E-state index contributed by atoms with van der Waals surface area (Å²) in [5, 5.41) is 19.0. The van der Waals surface area contributed by atoms with Gasteiger partial charge in [0, 0.05) is 0 Å². The van der Waals surface area contributed by atoms with Gasteiger partial charge in [0.2, 0.25) is 9.84 Å². The summed E-state index contributed by atoms with van der Waals surface area (Å²) in [6.45, 7) is 3.41. The number of benzene rings is 2. The lowest BCUT2D eigenvalue weighted by Gasteiger charge is -2.14. The third-order valence-corrected chi connectivity index (χ3v) is 6.49. The van der Waals surface area contributed by atoms with Crippen LogP contribution in [0.4, 0.5) is 0 Å². The molecule has 0 radical (unpaired) electrons. The van der Waals surface area contributed by atoms with E-state index >= 15 is 0 Å². The number of rotatable bonds is 2. The van der Waals surface area contributed by atoms with Crippen molar-refractivity contribution in [2.75, 3.05) is 0 Å². The molecule has 3 rings (SSSR count). The Morgan fingerprint density at radius 2 is 1.87 bits per heavy atom. The highest BCUT2D eigenvalue weighted by Gasteiger charge is 2.30. The van der Waals surface area contributed by atoms with Gasteiger partial charge in [0.25, 0.3) is 0 Å². The Morgan fingerprint density at radius 3 is 2.48 bits per heavy atom. The van der Waals surface area contributed by atoms with Crippen molar-refractivity contribution in [2.24, 2.45) is 0 Å². The maximum absolute atomic E-state index is 13.2. The van der Waals surface area contributed by atoms with E-state index in [2.05, 4.69) is 0 Å². The minimum Gasteiger partial charge on any atom is -0.388 e. The minimum atomic E-state index is -3.69. The maximum Gasteiger partial charge on any atom is 0.207 e. The number of sulfone groups is 1. The van der Waals surface area contributed by atoms with Gasteiger partial charge in [-0.1, -0.05) is 12.1 Å². The highest BCUT2D eigenvalue weighted by atomic mass is 32.2. The molecule has 0 amide bonds. The molecule has 118 valence electrons. The molecule has 0 aromatic heterocycles. The van der Waals surface area contributed by atoms with Crippen molar-refractivity contribution in [3.8, 4) is 6.07 Å². The van der Waals surface area contributed by atoms with Gasteiger partial charge in [-0.3, -0.25) is 0 Å². The number of aryl methyl sites for hydroxylation is 2. The number of hydrogen-bond donors (Lipinski definition) is 1. The maximum atomic E-state index is 13.2. The quantitative estimate of drug-likeness (QED) is 0.920. The van der Waals surface area contributed by atoms with E-state index in [-0.39, 0.29) is 9.79 Å². The molecular formula is C18H17NO3S. The van der Waals surface area contributed by atoms with Crippen molar-refractivity contribution >= 4 is 9.84 Å². The molecule has 1 aliphatic carbocycles. The average molecular weight is 327 g/mol. The third-order valence-electron chi connectivity index (χ3n) is 4.34. The zero-order valence-corrected chi connectivity index (χ0v) is 13.8. The van der Waals surface area contributed by atoms with Crippen LogP contribution in [0.25, 0.3) is 0 Å². The summed E-state index contributed by atoms with van der Waals surface area (Å²) in [7, 11) is -3.69. The summed E-state index contributed by atoms with van der Waals surface area (Å²) in [5.41, 5.74) is 3.00. The Hall–Kier alpha value is -2.16. The molecule has 0 heterocycles. The summed E-state index contributed by atoms with van der Waals surface area (Å²) in [5.74, 6) is 0. The Kier molecular flexibility index (Phi) is 3.75. The summed E-state index contributed by atoms with van der Waals surface area (Å²) in [6.07, 6.45) is 0.510. The van der Waals surface area contributed by atoms with Gasteiger partial charge in [0.05, 0.1) is 27.5 Å². The van der Waals surface area contributed by atoms with Crippen LogP contribution in [0.1, 0.15) is 40.3 Å². The van der Waals surface area contributed by atoms with Crippen LogP contribution in [-0.2, 0) is 16.3 Å². The second-order valence-electron chi connectivity index (χ2n) is 5.93. The molecule has 0 fully saturated rings. The second kappa shape index (κ2) is 5.48. The van der Waals surface area contributed by atoms with E-state index in [9.17, 15) is 13.5 Å². The Morgan fingerprint density at radius 1 is 1.22 bits per heavy atom. The lowest BCUT2D eigenvalue weighted by molar-refractivity contribution is 0.180. The molecule has 2 aromatic carbocycles. The van der Waals surface area contributed by atoms with Crippen molar-refractivity contribution in [2.45, 2.75) is 42.6 Å². The molecule has 0 saturated carbocycles. The molecule has 23 heavy (non-hydrogen) atoms. The molecule has 0 aliphatic heterocycles. The SMILES string of the molecule is Cc1cc(C#N)cc(C)c1S(=O)(=O)c1cccc2c1CCC2O. The van der Waals surface area contributed by atoms with Crippen molar-refractivity contribution in [1.82, 2.24) is 0 Å². The van der Waals surface area contributed by atoms with E-state index in [1.807, 2.05) is 6.07 Å². The molecule has 1 N–H and O–H groups in total. The number of hydrogen-bond acceptors (Lipinski definition) is 4. The van der Waals surface area contributed by atoms with Crippen LogP contribution in [0.15, 0.2) is 40.1 Å².